The van der Waals surface area contributed by atoms with Gasteiger partial charge in [-0.05, 0) is 42.8 Å². The van der Waals surface area contributed by atoms with Crippen LogP contribution in [0.3, 0.4) is 0 Å². The second kappa shape index (κ2) is 8.71. The number of aliphatic hydroxyl groups is 1. The van der Waals surface area contributed by atoms with E-state index in [0.717, 1.165) is 0 Å². The molecule has 1 saturated heterocycles. The number of carbonyl (C=O) groups excluding carboxylic acids is 1. The molecule has 1 atom stereocenters. The lowest BCUT2D eigenvalue weighted by Gasteiger charge is -2.20. The second-order valence-corrected chi connectivity index (χ2v) is 7.82. The number of anilines is 2. The van der Waals surface area contributed by atoms with Crippen molar-refractivity contribution in [3.05, 3.63) is 54.4 Å². The molecule has 2 N–H and O–H groups in total. The van der Waals surface area contributed by atoms with E-state index < -0.39 is 17.6 Å². The summed E-state index contributed by atoms with van der Waals surface area (Å²) in [5.74, 6) is 0.0681. The highest BCUT2D eigenvalue weighted by atomic mass is 35.5. The number of rotatable bonds is 6. The number of pyridine rings is 1. The number of amides is 1. The van der Waals surface area contributed by atoms with E-state index >= 15 is 0 Å². The Kier molecular flexibility index (Phi) is 5.98. The zero-order valence-electron chi connectivity index (χ0n) is 17.0. The SMILES string of the molecule is Cn1ccc(-c2cc(C(=O)Nc3ccc(OC(F)(F)Cl)cc3)cnc2N2CCC(O)C2)n1. The van der Waals surface area contributed by atoms with E-state index in [1.165, 1.54) is 30.5 Å². The molecule has 1 fully saturated rings. The Bertz CT molecular complexity index is 1120. The van der Waals surface area contributed by atoms with Crippen molar-refractivity contribution in [3.63, 3.8) is 0 Å². The molecular formula is C21H20ClF2N5O3. The van der Waals surface area contributed by atoms with Crippen molar-refractivity contribution in [2.24, 2.45) is 7.05 Å². The van der Waals surface area contributed by atoms with Gasteiger partial charge in [-0.15, -0.1) is 8.78 Å². The molecule has 1 aliphatic rings. The fourth-order valence-electron chi connectivity index (χ4n) is 3.46. The molecule has 3 aromatic rings. The number of aromatic nitrogens is 3. The molecule has 1 amide bonds. The van der Waals surface area contributed by atoms with Crippen molar-refractivity contribution in [1.29, 1.82) is 0 Å². The number of nitrogens with zero attached hydrogens (tertiary/aromatic N) is 4. The molecule has 32 heavy (non-hydrogen) atoms. The van der Waals surface area contributed by atoms with Gasteiger partial charge in [0.15, 0.2) is 0 Å². The second-order valence-electron chi connectivity index (χ2n) is 7.38. The van der Waals surface area contributed by atoms with Gasteiger partial charge in [-0.1, -0.05) is 0 Å². The molecule has 8 nitrogen and oxygen atoms in total. The van der Waals surface area contributed by atoms with Gasteiger partial charge in [0.05, 0.1) is 17.4 Å². The van der Waals surface area contributed by atoms with Crippen molar-refractivity contribution in [2.75, 3.05) is 23.3 Å². The maximum absolute atomic E-state index is 12.8. The maximum atomic E-state index is 12.8. The normalized spacial score (nSPS) is 16.3. The van der Waals surface area contributed by atoms with Gasteiger partial charge in [-0.3, -0.25) is 9.48 Å². The zero-order valence-corrected chi connectivity index (χ0v) is 17.8. The van der Waals surface area contributed by atoms with Crippen molar-refractivity contribution >= 4 is 29.0 Å². The van der Waals surface area contributed by atoms with E-state index in [-0.39, 0.29) is 5.75 Å². The monoisotopic (exact) mass is 463 g/mol. The lowest BCUT2D eigenvalue weighted by atomic mass is 10.1. The standard InChI is InChI=1S/C21H20ClF2N5O3/c1-28-8-7-18(27-28)17-10-13(11-25-19(17)29-9-6-15(30)12-29)20(31)26-14-2-4-16(5-3-14)32-21(22,23)24/h2-5,7-8,10-11,15,30H,6,9,12H2,1H3,(H,26,31). The molecule has 3 heterocycles. The molecule has 1 unspecified atom stereocenters. The quantitative estimate of drug-likeness (QED) is 0.544. The molecule has 0 saturated carbocycles. The van der Waals surface area contributed by atoms with E-state index in [9.17, 15) is 18.7 Å². The number of nitrogens with one attached hydrogen (secondary N) is 1. The molecule has 0 spiro atoms. The molecule has 0 aliphatic carbocycles. The van der Waals surface area contributed by atoms with Crippen LogP contribution in [0.2, 0.25) is 0 Å². The van der Waals surface area contributed by atoms with Crippen LogP contribution in [-0.4, -0.2) is 50.5 Å². The van der Waals surface area contributed by atoms with Crippen molar-refractivity contribution in [3.8, 4) is 17.0 Å². The molecule has 168 valence electrons. The van der Waals surface area contributed by atoms with Gasteiger partial charge in [0.1, 0.15) is 11.6 Å². The molecule has 11 heteroatoms. The predicted molar refractivity (Wildman–Crippen MR) is 115 cm³/mol. The largest absolute Gasteiger partial charge is 0.487 e. The summed E-state index contributed by atoms with van der Waals surface area (Å²) in [6.45, 7) is 1.10. The lowest BCUT2D eigenvalue weighted by Crippen LogP contribution is -2.23. The topological polar surface area (TPSA) is 92.5 Å². The molecule has 1 aliphatic heterocycles. The zero-order chi connectivity index (χ0) is 22.9. The van der Waals surface area contributed by atoms with Crippen LogP contribution >= 0.6 is 11.6 Å². The number of benzene rings is 1. The summed E-state index contributed by atoms with van der Waals surface area (Å²) in [5.41, 5.74) is -1.83. The average Bonchev–Trinajstić information content (AvgIpc) is 3.36. The Hall–Kier alpha value is -3.24. The Morgan fingerprint density at radius 1 is 1.31 bits per heavy atom. The summed E-state index contributed by atoms with van der Waals surface area (Å²) in [6, 6.07) is 8.89. The fourth-order valence-corrected chi connectivity index (χ4v) is 3.55. The van der Waals surface area contributed by atoms with Crippen LogP contribution in [0, 0.1) is 0 Å². The third-order valence-electron chi connectivity index (χ3n) is 4.93. The van der Waals surface area contributed by atoms with Crippen LogP contribution in [0.5, 0.6) is 5.75 Å². The maximum Gasteiger partial charge on any atom is 0.487 e. The Morgan fingerprint density at radius 2 is 2.06 bits per heavy atom. The van der Waals surface area contributed by atoms with Crippen LogP contribution in [-0.2, 0) is 7.05 Å². The van der Waals surface area contributed by atoms with Crippen LogP contribution < -0.4 is 15.0 Å². The highest BCUT2D eigenvalue weighted by molar-refractivity contribution is 6.20. The first kappa shape index (κ1) is 22.0. The number of β-amino-alcohol motifs (C(OH)–C–C–N with tert-alkyl or cyclic N) is 1. The van der Waals surface area contributed by atoms with E-state index in [4.69, 9.17) is 11.6 Å². The molecule has 0 radical (unpaired) electrons. The summed E-state index contributed by atoms with van der Waals surface area (Å²) < 4.78 is 31.4. The number of aliphatic hydroxyl groups excluding tert-OH is 1. The Balaban J connectivity index is 1.57. The molecular weight excluding hydrogens is 444 g/mol. The molecule has 1 aromatic carbocycles. The first-order valence-electron chi connectivity index (χ1n) is 9.78. The Morgan fingerprint density at radius 3 is 2.66 bits per heavy atom. The van der Waals surface area contributed by atoms with Gasteiger partial charge in [0, 0.05) is 55.4 Å². The van der Waals surface area contributed by atoms with Gasteiger partial charge in [-0.2, -0.15) is 5.10 Å². The summed E-state index contributed by atoms with van der Waals surface area (Å²) in [7, 11) is 1.79. The first-order valence-corrected chi connectivity index (χ1v) is 10.2. The van der Waals surface area contributed by atoms with Gasteiger partial charge in [0.25, 0.3) is 5.91 Å². The molecule has 2 aromatic heterocycles. The van der Waals surface area contributed by atoms with E-state index in [1.807, 2.05) is 11.0 Å². The number of hydrogen-bond donors (Lipinski definition) is 2. The minimum Gasteiger partial charge on any atom is -0.420 e. The fraction of sp³-hybridized carbons (Fsp3) is 0.286. The van der Waals surface area contributed by atoms with Gasteiger partial charge in [0.2, 0.25) is 0 Å². The van der Waals surface area contributed by atoms with E-state index in [0.29, 0.717) is 47.8 Å². The predicted octanol–water partition coefficient (Wildman–Crippen LogP) is 3.47. The van der Waals surface area contributed by atoms with Crippen LogP contribution in [0.4, 0.5) is 20.3 Å². The summed E-state index contributed by atoms with van der Waals surface area (Å²) in [4.78, 5) is 19.2. The average molecular weight is 464 g/mol. The summed E-state index contributed by atoms with van der Waals surface area (Å²) in [5, 5.41) is 17.0. The van der Waals surface area contributed by atoms with E-state index in [2.05, 4.69) is 20.1 Å². The Labute approximate surface area is 187 Å². The number of hydrogen-bond acceptors (Lipinski definition) is 6. The third kappa shape index (κ3) is 5.14. The van der Waals surface area contributed by atoms with Gasteiger partial charge >= 0.3 is 5.57 Å². The van der Waals surface area contributed by atoms with Crippen LogP contribution in [0.25, 0.3) is 11.3 Å². The summed E-state index contributed by atoms with van der Waals surface area (Å²) >= 11 is 4.75. The van der Waals surface area contributed by atoms with Crippen LogP contribution in [0.15, 0.2) is 48.8 Å². The number of halogens is 3. The van der Waals surface area contributed by atoms with Crippen molar-refractivity contribution in [2.45, 2.75) is 18.1 Å². The molecule has 4 rings (SSSR count). The summed E-state index contributed by atoms with van der Waals surface area (Å²) in [6.07, 6.45) is 3.45. The van der Waals surface area contributed by atoms with Gasteiger partial charge < -0.3 is 20.1 Å². The first-order chi connectivity index (χ1) is 15.2. The number of alkyl halides is 3. The highest BCUT2D eigenvalue weighted by Gasteiger charge is 2.28. The minimum atomic E-state index is -3.81. The highest BCUT2D eigenvalue weighted by Crippen LogP contribution is 2.31. The van der Waals surface area contributed by atoms with Gasteiger partial charge in [-0.25, -0.2) is 4.98 Å². The van der Waals surface area contributed by atoms with Crippen LogP contribution in [0.1, 0.15) is 16.8 Å². The number of ether oxygens (including phenoxy) is 1. The van der Waals surface area contributed by atoms with Crippen molar-refractivity contribution < 1.29 is 23.4 Å². The number of aryl methyl sites for hydroxylation is 1. The third-order valence-corrected chi connectivity index (χ3v) is 5.00. The number of carbonyl (C=O) groups is 1. The van der Waals surface area contributed by atoms with E-state index in [1.54, 1.807) is 24.0 Å². The lowest BCUT2D eigenvalue weighted by molar-refractivity contribution is -0.0964. The minimum absolute atomic E-state index is 0.140. The molecule has 0 bridgehead atoms. The smallest absolute Gasteiger partial charge is 0.420 e. The van der Waals surface area contributed by atoms with Crippen molar-refractivity contribution in [1.82, 2.24) is 14.8 Å².